The molecule has 2 rings (SSSR count). The van der Waals surface area contributed by atoms with Crippen molar-refractivity contribution < 1.29 is 4.42 Å². The number of hydrogen-bond acceptors (Lipinski definition) is 4. The Morgan fingerprint density at radius 2 is 2.35 bits per heavy atom. The van der Waals surface area contributed by atoms with Crippen LogP contribution in [0.25, 0.3) is 0 Å². The van der Waals surface area contributed by atoms with E-state index in [1.165, 1.54) is 0 Å². The summed E-state index contributed by atoms with van der Waals surface area (Å²) in [6.07, 6.45) is 7.67. The van der Waals surface area contributed by atoms with Gasteiger partial charge in [0.25, 0.3) is 0 Å². The number of rotatable bonds is 5. The summed E-state index contributed by atoms with van der Waals surface area (Å²) in [7, 11) is 0. The topological polar surface area (TPSA) is 51.0 Å². The fourth-order valence-corrected chi connectivity index (χ4v) is 1.86. The van der Waals surface area contributed by atoms with Gasteiger partial charge in [-0.05, 0) is 30.6 Å². The second kappa shape index (κ2) is 5.80. The molecule has 1 unspecified atom stereocenters. The molecule has 2 heterocycles. The number of furan rings is 1. The zero-order valence-electron chi connectivity index (χ0n) is 9.56. The maximum atomic E-state index is 6.01. The maximum absolute atomic E-state index is 6.01. The van der Waals surface area contributed by atoms with Crippen LogP contribution in [0.4, 0.5) is 0 Å². The minimum atomic E-state index is -0.0742. The number of nitrogens with one attached hydrogen (secondary N) is 1. The van der Waals surface area contributed by atoms with Crippen LogP contribution in [0.3, 0.4) is 0 Å². The second-order valence-corrected chi connectivity index (χ2v) is 4.01. The normalized spacial score (nSPS) is 12.6. The lowest BCUT2D eigenvalue weighted by Crippen LogP contribution is -2.24. The predicted molar refractivity (Wildman–Crippen MR) is 65.9 cm³/mol. The molecule has 90 valence electrons. The Morgan fingerprint density at radius 1 is 1.47 bits per heavy atom. The van der Waals surface area contributed by atoms with Gasteiger partial charge in [0.2, 0.25) is 0 Å². The van der Waals surface area contributed by atoms with Crippen LogP contribution in [0.1, 0.15) is 30.6 Å². The van der Waals surface area contributed by atoms with Gasteiger partial charge in [0.05, 0.1) is 24.2 Å². The molecule has 17 heavy (non-hydrogen) atoms. The third-order valence-corrected chi connectivity index (χ3v) is 2.74. The van der Waals surface area contributed by atoms with Gasteiger partial charge in [-0.1, -0.05) is 6.92 Å². The Labute approximate surface area is 105 Å². The molecule has 4 nitrogen and oxygen atoms in total. The van der Waals surface area contributed by atoms with Gasteiger partial charge in [0.1, 0.15) is 0 Å². The van der Waals surface area contributed by atoms with E-state index in [1.807, 2.05) is 6.07 Å². The predicted octanol–water partition coefficient (Wildman–Crippen LogP) is 2.81. The lowest BCUT2D eigenvalue weighted by Gasteiger charge is -2.16. The van der Waals surface area contributed by atoms with Gasteiger partial charge in [-0.3, -0.25) is 9.97 Å². The van der Waals surface area contributed by atoms with Crippen molar-refractivity contribution in [3.63, 3.8) is 0 Å². The van der Waals surface area contributed by atoms with Gasteiger partial charge in [0, 0.05) is 18.0 Å². The van der Waals surface area contributed by atoms with E-state index in [4.69, 9.17) is 16.0 Å². The first-order valence-electron chi connectivity index (χ1n) is 5.55. The van der Waals surface area contributed by atoms with Gasteiger partial charge < -0.3 is 9.73 Å². The molecule has 0 saturated heterocycles. The molecule has 0 saturated carbocycles. The van der Waals surface area contributed by atoms with Gasteiger partial charge in [-0.2, -0.15) is 0 Å². The molecule has 1 atom stereocenters. The Balaban J connectivity index is 2.29. The van der Waals surface area contributed by atoms with Crippen molar-refractivity contribution in [2.45, 2.75) is 19.4 Å². The number of aromatic nitrogens is 2. The van der Waals surface area contributed by atoms with Crippen molar-refractivity contribution in [3.05, 3.63) is 47.4 Å². The van der Waals surface area contributed by atoms with Crippen molar-refractivity contribution in [3.8, 4) is 0 Å². The lowest BCUT2D eigenvalue weighted by atomic mass is 10.1. The number of hydrogen-bond donors (Lipinski definition) is 1. The van der Waals surface area contributed by atoms with E-state index >= 15 is 0 Å². The quantitative estimate of drug-likeness (QED) is 0.888. The van der Waals surface area contributed by atoms with Crippen molar-refractivity contribution >= 4 is 11.6 Å². The largest absolute Gasteiger partial charge is 0.453 e. The summed E-state index contributed by atoms with van der Waals surface area (Å²) in [5, 5.41) is 3.77. The molecule has 0 fully saturated rings. The second-order valence-electron chi connectivity index (χ2n) is 3.67. The van der Waals surface area contributed by atoms with E-state index in [0.29, 0.717) is 5.22 Å². The van der Waals surface area contributed by atoms with Crippen molar-refractivity contribution in [1.82, 2.24) is 15.3 Å². The summed E-state index contributed by atoms with van der Waals surface area (Å²) in [4.78, 5) is 8.38. The van der Waals surface area contributed by atoms with E-state index in [1.54, 1.807) is 24.9 Å². The molecule has 2 aromatic rings. The van der Waals surface area contributed by atoms with Gasteiger partial charge in [-0.25, -0.2) is 0 Å². The highest BCUT2D eigenvalue weighted by Crippen LogP contribution is 2.27. The van der Waals surface area contributed by atoms with Crippen LogP contribution < -0.4 is 5.32 Å². The molecule has 0 radical (unpaired) electrons. The Hall–Kier alpha value is -1.39. The molecule has 0 spiro atoms. The molecular weight excluding hydrogens is 238 g/mol. The Bertz CT molecular complexity index is 458. The summed E-state index contributed by atoms with van der Waals surface area (Å²) >= 11 is 6.01. The fraction of sp³-hybridized carbons (Fsp3) is 0.333. The molecule has 1 N–H and O–H groups in total. The van der Waals surface area contributed by atoms with Crippen molar-refractivity contribution in [2.75, 3.05) is 6.54 Å². The zero-order valence-corrected chi connectivity index (χ0v) is 10.3. The number of nitrogens with zero attached hydrogens (tertiary/aromatic N) is 2. The summed E-state index contributed by atoms with van der Waals surface area (Å²) in [6.45, 7) is 2.99. The summed E-state index contributed by atoms with van der Waals surface area (Å²) < 4.78 is 5.12. The zero-order chi connectivity index (χ0) is 12.1. The first-order valence-corrected chi connectivity index (χ1v) is 5.93. The van der Waals surface area contributed by atoms with E-state index in [9.17, 15) is 0 Å². The Morgan fingerprint density at radius 3 is 2.94 bits per heavy atom. The lowest BCUT2D eigenvalue weighted by molar-refractivity contribution is 0.546. The highest BCUT2D eigenvalue weighted by Gasteiger charge is 2.19. The van der Waals surface area contributed by atoms with Gasteiger partial charge >= 0.3 is 0 Å². The third-order valence-electron chi connectivity index (χ3n) is 2.43. The monoisotopic (exact) mass is 251 g/mol. The van der Waals surface area contributed by atoms with E-state index in [2.05, 4.69) is 22.2 Å². The molecule has 0 amide bonds. The van der Waals surface area contributed by atoms with Crippen LogP contribution in [0.2, 0.25) is 5.22 Å². The molecule has 0 bridgehead atoms. The van der Waals surface area contributed by atoms with Crippen LogP contribution in [0.15, 0.2) is 35.3 Å². The summed E-state index contributed by atoms with van der Waals surface area (Å²) in [5.74, 6) is 0. The molecular formula is C12H14ClN3O. The molecule has 0 aromatic carbocycles. The number of halogens is 1. The summed E-state index contributed by atoms with van der Waals surface area (Å²) in [5.41, 5.74) is 1.73. The smallest absolute Gasteiger partial charge is 0.198 e. The average molecular weight is 252 g/mol. The molecule has 2 aromatic heterocycles. The molecule has 0 aliphatic carbocycles. The highest BCUT2D eigenvalue weighted by atomic mass is 35.5. The van der Waals surface area contributed by atoms with E-state index in [0.717, 1.165) is 24.2 Å². The van der Waals surface area contributed by atoms with Crippen molar-refractivity contribution in [2.24, 2.45) is 0 Å². The maximum Gasteiger partial charge on any atom is 0.198 e. The molecule has 5 heteroatoms. The Kier molecular flexibility index (Phi) is 4.12. The minimum absolute atomic E-state index is 0.0742. The molecule has 0 aliphatic heterocycles. The fourth-order valence-electron chi connectivity index (χ4n) is 1.63. The van der Waals surface area contributed by atoms with Gasteiger partial charge in [0.15, 0.2) is 5.22 Å². The molecule has 0 aliphatic rings. The van der Waals surface area contributed by atoms with Gasteiger partial charge in [-0.15, -0.1) is 0 Å². The first-order chi connectivity index (χ1) is 8.33. The first kappa shape index (κ1) is 12.1. The summed E-state index contributed by atoms with van der Waals surface area (Å²) in [6, 6.07) is 1.78. The SMILES string of the molecule is CCCNC(c1cnccn1)c1ccoc1Cl. The van der Waals surface area contributed by atoms with Crippen molar-refractivity contribution in [1.29, 1.82) is 0 Å². The minimum Gasteiger partial charge on any atom is -0.453 e. The van der Waals surface area contributed by atoms with Crippen LogP contribution in [0, 0.1) is 0 Å². The highest BCUT2D eigenvalue weighted by molar-refractivity contribution is 6.29. The third kappa shape index (κ3) is 2.84. The van der Waals surface area contributed by atoms with Crippen LogP contribution in [-0.4, -0.2) is 16.5 Å². The standard InChI is InChI=1S/C12H14ClN3O/c1-2-4-16-11(9-3-7-17-12(9)13)10-8-14-5-6-15-10/h3,5-8,11,16H,2,4H2,1H3. The average Bonchev–Trinajstić information content (AvgIpc) is 2.78. The van der Waals surface area contributed by atoms with Crippen LogP contribution in [-0.2, 0) is 0 Å². The van der Waals surface area contributed by atoms with E-state index < -0.39 is 0 Å². The van der Waals surface area contributed by atoms with Crippen LogP contribution >= 0.6 is 11.6 Å². The van der Waals surface area contributed by atoms with E-state index in [-0.39, 0.29) is 6.04 Å². The van der Waals surface area contributed by atoms with Crippen LogP contribution in [0.5, 0.6) is 0 Å².